The second-order valence-electron chi connectivity index (χ2n) is 15.7. The highest BCUT2D eigenvalue weighted by molar-refractivity contribution is 5.81. The van der Waals surface area contributed by atoms with E-state index < -0.39 is 35.8 Å². The summed E-state index contributed by atoms with van der Waals surface area (Å²) in [5.74, 6) is -0.647. The van der Waals surface area contributed by atoms with Crippen LogP contribution in [-0.2, 0) is 4.79 Å². The molecule has 3 saturated carbocycles. The van der Waals surface area contributed by atoms with Gasteiger partial charge >= 0.3 is 0 Å². The second-order valence-corrected chi connectivity index (χ2v) is 15.7. The van der Waals surface area contributed by atoms with Crippen molar-refractivity contribution in [3.8, 4) is 0 Å². The molecule has 254 valence electrons. The fourth-order valence-corrected chi connectivity index (χ4v) is 10.9. The molecule has 8 nitrogen and oxygen atoms in total. The molecule has 6 aliphatic rings. The van der Waals surface area contributed by atoms with Gasteiger partial charge in [-0.1, -0.05) is 51.4 Å². The van der Waals surface area contributed by atoms with Gasteiger partial charge in [-0.15, -0.1) is 0 Å². The Balaban J connectivity index is 1.35. The van der Waals surface area contributed by atoms with Crippen molar-refractivity contribution in [3.63, 3.8) is 0 Å². The average molecular weight is 632 g/mol. The summed E-state index contributed by atoms with van der Waals surface area (Å²) < 4.78 is 32.0. The maximum atomic E-state index is 17.0. The van der Waals surface area contributed by atoms with Crippen LogP contribution >= 0.6 is 0 Å². The number of hydrogen-bond acceptors (Lipinski definition) is 7. The lowest BCUT2D eigenvalue weighted by Gasteiger charge is -2.55. The first-order chi connectivity index (χ1) is 21.7. The summed E-state index contributed by atoms with van der Waals surface area (Å²) in [6.07, 6.45) is 18.2. The third kappa shape index (κ3) is 6.59. The number of aliphatic imine (C=N–C) groups is 1. The van der Waals surface area contributed by atoms with E-state index in [0.717, 1.165) is 70.6 Å². The van der Waals surface area contributed by atoms with Gasteiger partial charge in [0.2, 0.25) is 5.91 Å². The van der Waals surface area contributed by atoms with E-state index in [1.807, 2.05) is 0 Å². The van der Waals surface area contributed by atoms with Crippen LogP contribution in [0.15, 0.2) is 17.0 Å². The third-order valence-electron chi connectivity index (χ3n) is 13.0. The molecule has 6 rings (SSSR count). The van der Waals surface area contributed by atoms with Gasteiger partial charge in [0.1, 0.15) is 12.0 Å². The van der Waals surface area contributed by atoms with Crippen LogP contribution in [-0.4, -0.2) is 73.8 Å². The van der Waals surface area contributed by atoms with E-state index in [9.17, 15) is 9.18 Å². The topological polar surface area (TPSA) is 121 Å². The molecule has 0 radical (unpaired) electrons. The molecule has 0 aromatic heterocycles. The average Bonchev–Trinajstić information content (AvgIpc) is 3.70. The van der Waals surface area contributed by atoms with Gasteiger partial charge in [-0.3, -0.25) is 20.0 Å². The molecular formula is C35H59F2N7O. The number of rotatable bonds is 7. The molecular weight excluding hydrogens is 572 g/mol. The number of nitrogens with two attached hydrogens (primary N) is 2. The Morgan fingerprint density at radius 3 is 2.42 bits per heavy atom. The van der Waals surface area contributed by atoms with E-state index in [0.29, 0.717) is 32.0 Å². The highest BCUT2D eigenvalue weighted by atomic mass is 19.1. The lowest BCUT2D eigenvalue weighted by molar-refractivity contribution is -0.129. The zero-order valence-electron chi connectivity index (χ0n) is 27.5. The number of likely N-dealkylation sites (N-methyl/N-ethyl adjacent to an activating group) is 1. The predicted octanol–water partition coefficient (Wildman–Crippen LogP) is 4.64. The van der Waals surface area contributed by atoms with E-state index in [4.69, 9.17) is 16.5 Å². The second kappa shape index (κ2) is 14.2. The number of hydrogen-bond donors (Lipinski definition) is 5. The smallest absolute Gasteiger partial charge is 0.228 e. The zero-order valence-corrected chi connectivity index (χ0v) is 27.5. The van der Waals surface area contributed by atoms with E-state index in [-0.39, 0.29) is 35.2 Å². The van der Waals surface area contributed by atoms with E-state index >= 15 is 4.39 Å². The van der Waals surface area contributed by atoms with Crippen molar-refractivity contribution in [2.75, 3.05) is 20.3 Å². The van der Waals surface area contributed by atoms with Gasteiger partial charge in [-0.25, -0.2) is 8.78 Å². The summed E-state index contributed by atoms with van der Waals surface area (Å²) in [5, 5.41) is 10.4. The molecule has 0 bridgehead atoms. The molecule has 1 saturated heterocycles. The largest absolute Gasteiger partial charge is 0.387 e. The lowest BCUT2D eigenvalue weighted by atomic mass is 9.56. The fraction of sp³-hybridized carbons (Fsp3) is 0.886. The number of carbonyl (C=O) groups excluding carboxylic acids is 1. The van der Waals surface area contributed by atoms with Crippen LogP contribution in [0.5, 0.6) is 0 Å². The lowest BCUT2D eigenvalue weighted by Crippen LogP contribution is -2.69. The first kappa shape index (κ1) is 33.3. The molecule has 7 unspecified atom stereocenters. The number of alkyl halides is 1. The maximum absolute atomic E-state index is 17.0. The van der Waals surface area contributed by atoms with E-state index in [1.54, 1.807) is 6.20 Å². The van der Waals surface area contributed by atoms with Gasteiger partial charge in [-0.05, 0) is 82.1 Å². The van der Waals surface area contributed by atoms with E-state index in [2.05, 4.69) is 27.9 Å². The molecule has 0 aromatic rings. The predicted molar refractivity (Wildman–Crippen MR) is 176 cm³/mol. The number of halogens is 2. The minimum absolute atomic E-state index is 0.0434. The van der Waals surface area contributed by atoms with Crippen LogP contribution in [0.4, 0.5) is 8.78 Å². The molecule has 3 aliphatic heterocycles. The van der Waals surface area contributed by atoms with Crippen molar-refractivity contribution in [2.45, 2.75) is 146 Å². The monoisotopic (exact) mass is 631 g/mol. The SMILES string of the molecule is CN1CNC(C2CCCC2)C1C1(C2CCCCC2)C(F)=CNCC1NC(=O)C(C(N)N)C1CC2(CCCCC2)CCC(F)/C=N\1. The molecule has 3 heterocycles. The minimum Gasteiger partial charge on any atom is -0.387 e. The highest BCUT2D eigenvalue weighted by Gasteiger charge is 2.61. The van der Waals surface area contributed by atoms with Crippen LogP contribution in [0.1, 0.15) is 109 Å². The molecule has 1 amide bonds. The zero-order chi connectivity index (χ0) is 31.6. The first-order valence-electron chi connectivity index (χ1n) is 18.3. The molecule has 3 aliphatic carbocycles. The Morgan fingerprint density at radius 1 is 1.02 bits per heavy atom. The summed E-state index contributed by atoms with van der Waals surface area (Å²) in [5.41, 5.74) is 11.9. The molecule has 7 N–H and O–H groups in total. The van der Waals surface area contributed by atoms with E-state index in [1.165, 1.54) is 31.9 Å². The molecule has 10 heteroatoms. The van der Waals surface area contributed by atoms with Gasteiger partial charge in [0.25, 0.3) is 0 Å². The number of nitrogens with zero attached hydrogens (tertiary/aromatic N) is 2. The van der Waals surface area contributed by atoms with Crippen LogP contribution in [0.25, 0.3) is 0 Å². The number of amides is 1. The molecule has 1 spiro atoms. The Hall–Kier alpha value is -1.62. The summed E-state index contributed by atoms with van der Waals surface area (Å²) in [7, 11) is 2.12. The van der Waals surface area contributed by atoms with Gasteiger partial charge in [0, 0.05) is 37.7 Å². The quantitative estimate of drug-likeness (QED) is 0.261. The summed E-state index contributed by atoms with van der Waals surface area (Å²) >= 11 is 0. The third-order valence-corrected chi connectivity index (χ3v) is 13.0. The fourth-order valence-electron chi connectivity index (χ4n) is 10.9. The normalized spacial score (nSPS) is 38.4. The van der Waals surface area contributed by atoms with Gasteiger partial charge in [0.15, 0.2) is 0 Å². The number of nitrogens with one attached hydrogen (secondary N) is 3. The number of carbonyl (C=O) groups is 1. The summed E-state index contributed by atoms with van der Waals surface area (Å²) in [6, 6.07) is -0.920. The van der Waals surface area contributed by atoms with Gasteiger partial charge < -0.3 is 22.1 Å². The van der Waals surface area contributed by atoms with Gasteiger partial charge in [-0.2, -0.15) is 0 Å². The van der Waals surface area contributed by atoms with Crippen LogP contribution in [0.2, 0.25) is 0 Å². The molecule has 4 fully saturated rings. The minimum atomic E-state index is -1.14. The Kier molecular flexibility index (Phi) is 10.5. The van der Waals surface area contributed by atoms with Crippen molar-refractivity contribution in [2.24, 2.45) is 45.0 Å². The van der Waals surface area contributed by atoms with Gasteiger partial charge in [0.05, 0.1) is 29.6 Å². The highest BCUT2D eigenvalue weighted by Crippen LogP contribution is 2.55. The van der Waals surface area contributed by atoms with Crippen LogP contribution in [0.3, 0.4) is 0 Å². The Morgan fingerprint density at radius 2 is 1.71 bits per heavy atom. The summed E-state index contributed by atoms with van der Waals surface area (Å²) in [4.78, 5) is 21.6. The van der Waals surface area contributed by atoms with Crippen molar-refractivity contribution < 1.29 is 13.6 Å². The molecule has 0 aromatic carbocycles. The molecule has 7 atom stereocenters. The summed E-state index contributed by atoms with van der Waals surface area (Å²) in [6.45, 7) is 1.15. The standard InChI is InChI=1S/C35H59F2N7O/c1-44-22-42-30(23-10-6-7-11-23)31(44)35(24-12-4-2-5-13-24)27(37)20-40-21-28(35)43-33(45)29(32(38)39)26-18-34(15-8-3-9-16-34)17-14-25(36)19-41-26/h19-20,23-26,28-32,40,42H,2-18,21-22,38-39H2,1H3,(H,43,45)/b41-19-. The Labute approximate surface area is 269 Å². The Bertz CT molecular complexity index is 1070. The van der Waals surface area contributed by atoms with Crippen molar-refractivity contribution in [1.82, 2.24) is 20.9 Å². The maximum Gasteiger partial charge on any atom is 0.228 e. The van der Waals surface area contributed by atoms with Crippen molar-refractivity contribution >= 4 is 12.1 Å². The van der Waals surface area contributed by atoms with Crippen molar-refractivity contribution in [1.29, 1.82) is 0 Å². The molecule has 45 heavy (non-hydrogen) atoms. The first-order valence-corrected chi connectivity index (χ1v) is 18.3. The van der Waals surface area contributed by atoms with Crippen LogP contribution in [0, 0.1) is 28.6 Å². The van der Waals surface area contributed by atoms with Crippen molar-refractivity contribution in [3.05, 3.63) is 12.0 Å². The van der Waals surface area contributed by atoms with Crippen LogP contribution < -0.4 is 27.4 Å².